The van der Waals surface area contributed by atoms with Gasteiger partial charge in [0.05, 0.1) is 0 Å². The molecule has 12 N–H and O–H groups in total. The Balaban J connectivity index is 1.01. The number of aromatic nitrogens is 8. The zero-order valence-corrected chi connectivity index (χ0v) is 31.7. The Hall–Kier alpha value is -2.62. The average Bonchev–Trinajstić information content (AvgIpc) is 3.82. The number of fused-ring (bicyclic) bond motifs is 4. The summed E-state index contributed by atoms with van der Waals surface area (Å²) in [4.78, 5) is 87.9. The number of aliphatic hydroxyl groups excluding tert-OH is 2. The van der Waals surface area contributed by atoms with Gasteiger partial charge in [0.15, 0.2) is 0 Å². The molecule has 4 saturated heterocycles. The van der Waals surface area contributed by atoms with Crippen LogP contribution >= 0.6 is 39.9 Å². The summed E-state index contributed by atoms with van der Waals surface area (Å²) < 4.78 is 35.4. The van der Waals surface area contributed by atoms with E-state index >= 15 is 0 Å². The first-order valence-corrected chi connectivity index (χ1v) is 22.0. The monoisotopic (exact) mass is 840 g/mol. The molecule has 0 aliphatic carbocycles. The molecule has 8 heterocycles. The fraction of sp³-hybridized carbons (Fsp3) is 0.615. The molecule has 24 nitrogen and oxygen atoms in total. The van der Waals surface area contributed by atoms with E-state index in [-0.39, 0.29) is 63.7 Å². The molecule has 3 unspecified atom stereocenters. The zero-order chi connectivity index (χ0) is 38.3. The average molecular weight is 841 g/mol. The van der Waals surface area contributed by atoms with Crippen molar-refractivity contribution in [2.45, 2.75) is 79.2 Å². The molecule has 8 rings (SSSR count). The third-order valence-corrected chi connectivity index (χ3v) is 13.8. The van der Waals surface area contributed by atoms with E-state index in [9.17, 15) is 39.4 Å². The number of thioether (sulfide) groups is 2. The van der Waals surface area contributed by atoms with E-state index in [0.717, 1.165) is 0 Å². The first-order valence-electron chi connectivity index (χ1n) is 16.6. The number of rotatable bonds is 10. The number of hydrogen-bond donors (Lipinski definition) is 10. The number of imidazole rings is 2. The van der Waals surface area contributed by atoms with Gasteiger partial charge < -0.3 is 0 Å². The van der Waals surface area contributed by atoms with Crippen LogP contribution in [-0.2, 0) is 27.6 Å². The topological polar surface area (TPSA) is 356 Å². The minimum absolute atomic E-state index is 0.0418. The summed E-state index contributed by atoms with van der Waals surface area (Å²) in [5.41, 5.74) is 10.5. The van der Waals surface area contributed by atoms with Crippen LogP contribution in [0.1, 0.15) is 32.2 Å². The number of nitrogen functional groups attached to an aromatic ring is 2. The van der Waals surface area contributed by atoms with Crippen molar-refractivity contribution in [2.24, 2.45) is 5.92 Å². The van der Waals surface area contributed by atoms with Crippen LogP contribution in [0.15, 0.2) is 19.9 Å². The number of nitrogens with two attached hydrogens (primary N) is 2. The molecule has 298 valence electrons. The minimum atomic E-state index is -4.47. The molecule has 0 radical (unpaired) electrons. The second kappa shape index (κ2) is 14.4. The van der Waals surface area contributed by atoms with E-state index in [1.807, 2.05) is 6.92 Å². The summed E-state index contributed by atoms with van der Waals surface area (Å²) in [6.07, 6.45) is -7.86. The second-order valence-electron chi connectivity index (χ2n) is 13.0. The molecule has 4 aliphatic rings. The van der Waals surface area contributed by atoms with Crippen molar-refractivity contribution in [1.29, 1.82) is 0 Å². The zero-order valence-electron chi connectivity index (χ0n) is 28.0. The molecule has 28 heteroatoms. The summed E-state index contributed by atoms with van der Waals surface area (Å²) >= 11 is 2.55. The van der Waals surface area contributed by atoms with Gasteiger partial charge in [-0.3, -0.25) is 0 Å². The third-order valence-electron chi connectivity index (χ3n) is 9.43. The first-order chi connectivity index (χ1) is 25.6. The number of ether oxygens (including phenoxy) is 2. The van der Waals surface area contributed by atoms with E-state index in [0.29, 0.717) is 24.3 Å². The molecule has 4 aromatic heterocycles. The number of hydrogen-bond acceptors (Lipinski definition) is 22. The van der Waals surface area contributed by atoms with Crippen molar-refractivity contribution < 1.29 is 57.4 Å². The fourth-order valence-corrected chi connectivity index (χ4v) is 11.3. The summed E-state index contributed by atoms with van der Waals surface area (Å²) in [7, 11) is -8.95. The van der Waals surface area contributed by atoms with Crippen molar-refractivity contribution in [3.8, 4) is 0 Å². The summed E-state index contributed by atoms with van der Waals surface area (Å²) in [5.74, 6) is 0.599. The van der Waals surface area contributed by atoms with E-state index in [1.165, 1.54) is 32.7 Å². The van der Waals surface area contributed by atoms with E-state index in [1.54, 1.807) is 0 Å². The summed E-state index contributed by atoms with van der Waals surface area (Å²) in [5, 5.41) is 23.0. The quantitative estimate of drug-likeness (QED) is 0.0619. The molecule has 0 aromatic carbocycles. The number of aromatic amines is 2. The Labute approximate surface area is 311 Å². The maximum absolute atomic E-state index is 12.8. The van der Waals surface area contributed by atoms with Crippen molar-refractivity contribution in [3.63, 3.8) is 0 Å². The first kappa shape index (κ1) is 38.3. The molecule has 9 atom stereocenters. The normalized spacial score (nSPS) is 32.1. The third kappa shape index (κ3) is 7.01. The van der Waals surface area contributed by atoms with E-state index in [2.05, 4.69) is 29.9 Å². The molecule has 4 fully saturated rings. The maximum atomic E-state index is 12.8. The Morgan fingerprint density at radius 1 is 0.796 bits per heavy atom. The molecular weight excluding hydrogens is 802 g/mol. The van der Waals surface area contributed by atoms with Gasteiger partial charge in [0.2, 0.25) is 0 Å². The molecular formula is C26H38N10O14P2S2. The summed E-state index contributed by atoms with van der Waals surface area (Å²) in [6.45, 7) is 1.51. The van der Waals surface area contributed by atoms with E-state index in [4.69, 9.17) is 39.0 Å². The Bertz CT molecular complexity index is 2190. The van der Waals surface area contributed by atoms with Crippen LogP contribution in [0.5, 0.6) is 0 Å². The van der Waals surface area contributed by atoms with Crippen LogP contribution in [0.25, 0.3) is 22.3 Å². The van der Waals surface area contributed by atoms with Crippen LogP contribution in [0.4, 0.5) is 11.9 Å². The number of nitrogens with zero attached hydrogens (tertiary/aromatic N) is 6. The van der Waals surface area contributed by atoms with Crippen molar-refractivity contribution >= 4 is 74.1 Å². The Morgan fingerprint density at radius 3 is 1.72 bits per heavy atom. The predicted octanol–water partition coefficient (Wildman–Crippen LogP) is -1.85. The van der Waals surface area contributed by atoms with Crippen LogP contribution < -0.4 is 22.6 Å². The van der Waals surface area contributed by atoms with Crippen LogP contribution in [0.3, 0.4) is 0 Å². The van der Waals surface area contributed by atoms with Gasteiger partial charge in [0.1, 0.15) is 0 Å². The van der Waals surface area contributed by atoms with Crippen LogP contribution in [0, 0.1) is 5.92 Å². The van der Waals surface area contributed by atoms with Gasteiger partial charge in [-0.1, -0.05) is 0 Å². The van der Waals surface area contributed by atoms with Crippen LogP contribution in [0.2, 0.25) is 0 Å². The fourth-order valence-electron chi connectivity index (χ4n) is 6.77. The molecule has 54 heavy (non-hydrogen) atoms. The number of nitrogens with one attached hydrogen (secondary N) is 2. The molecule has 0 bridgehead atoms. The van der Waals surface area contributed by atoms with E-state index < -0.39 is 76.5 Å². The standard InChI is InChI=1S/C26H38N10O14P2S2/c1-2-8(7-54-26-30-12-18(32-24(28)34-20(12)40)36(26)22-14(38)16-10(48-22)6-46-52(43,44)50-16)3-4-53-25-29-11-17(31-23(27)33-19(11)39)35(25)21-13(37)15-9(47-21)5-45-51(41,42)49-15/h8-10,13-16,21-22,37-38,41-44,51-52H,2-7H2,1H3,(H3,27,31,33,39)(H3,28,32,34,40)/t8?,9?,10?,13-,14-,15+,16+,21+,22+/m0/s1. The van der Waals surface area contributed by atoms with Crippen molar-refractivity contribution in [3.05, 3.63) is 20.7 Å². The van der Waals surface area contributed by atoms with Gasteiger partial charge in [0, 0.05) is 0 Å². The number of anilines is 2. The van der Waals surface area contributed by atoms with Gasteiger partial charge in [-0.15, -0.1) is 0 Å². The van der Waals surface area contributed by atoms with Crippen molar-refractivity contribution in [1.82, 2.24) is 39.0 Å². The number of H-pyrrole nitrogens is 2. The molecule has 0 spiro atoms. The molecule has 0 amide bonds. The van der Waals surface area contributed by atoms with Gasteiger partial charge in [-0.05, 0) is 0 Å². The molecule has 4 aromatic rings. The van der Waals surface area contributed by atoms with Crippen molar-refractivity contribution in [2.75, 3.05) is 36.2 Å². The molecule has 4 aliphatic heterocycles. The molecule has 0 saturated carbocycles. The Morgan fingerprint density at radius 2 is 1.26 bits per heavy atom. The van der Waals surface area contributed by atoms with Gasteiger partial charge in [0.25, 0.3) is 0 Å². The number of aliphatic hydroxyl groups is 2. The second-order valence-corrected chi connectivity index (χ2v) is 18.3. The van der Waals surface area contributed by atoms with Gasteiger partial charge in [-0.25, -0.2) is 0 Å². The Kier molecular flexibility index (Phi) is 10.2. The summed E-state index contributed by atoms with van der Waals surface area (Å²) in [6, 6.07) is 0. The van der Waals surface area contributed by atoms with Gasteiger partial charge in [-0.2, -0.15) is 0 Å². The van der Waals surface area contributed by atoms with Gasteiger partial charge >= 0.3 is 312 Å². The van der Waals surface area contributed by atoms with Crippen LogP contribution in [-0.4, -0.2) is 130 Å². The predicted molar refractivity (Wildman–Crippen MR) is 192 cm³/mol. The SMILES string of the molecule is CCC(CCSc1nc2c(=O)[nH]c(N)nc2n1[C@@H]1OC2CO[PH](O)(O)O[C@H]2[C@@H]1O)CSc1nc2c(=O)[nH]c(N)nc2n1[C@@H]1OC2CO[PH](O)(O)O[C@H]2[C@@H]1O.